The minimum absolute atomic E-state index is 0.0876. The molecule has 2 aliphatic carbocycles. The van der Waals surface area contributed by atoms with Gasteiger partial charge in [-0.15, -0.1) is 6.58 Å². The molecule has 17 heteroatoms. The summed E-state index contributed by atoms with van der Waals surface area (Å²) in [6.45, 7) is 13.6. The Kier molecular flexibility index (Phi) is 10.9. The molecule has 4 N–H and O–H groups in total. The fraction of sp³-hybridized carbons (Fsp3) is 0.594. The van der Waals surface area contributed by atoms with Crippen molar-refractivity contribution >= 4 is 68.8 Å². The number of hydrogen-bond acceptors (Lipinski definition) is 9. The lowest BCUT2D eigenvalue weighted by atomic mass is 9.85. The third-order valence-electron chi connectivity index (χ3n) is 8.25. The van der Waals surface area contributed by atoms with Crippen LogP contribution in [0, 0.1) is 11.3 Å². The maximum atomic E-state index is 14.2. The highest BCUT2D eigenvalue weighted by Crippen LogP contribution is 2.45. The summed E-state index contributed by atoms with van der Waals surface area (Å²) in [7, 11) is -3.93. The van der Waals surface area contributed by atoms with Crippen LogP contribution >= 0.6 is 23.2 Å². The first-order valence-electron chi connectivity index (χ1n) is 15.8. The van der Waals surface area contributed by atoms with E-state index in [4.69, 9.17) is 32.7 Å². The van der Waals surface area contributed by atoms with Crippen molar-refractivity contribution in [2.45, 2.75) is 102 Å². The van der Waals surface area contributed by atoms with E-state index in [2.05, 4.69) is 27.3 Å². The lowest BCUT2D eigenvalue weighted by molar-refractivity contribution is -0.143. The van der Waals surface area contributed by atoms with E-state index in [0.717, 1.165) is 0 Å². The van der Waals surface area contributed by atoms with Gasteiger partial charge in [-0.25, -0.2) is 18.0 Å². The third-order valence-corrected chi connectivity index (χ3v) is 10.5. The second kappa shape index (κ2) is 14.0. The average Bonchev–Trinajstić information content (AvgIpc) is 3.86. The molecule has 1 heterocycles. The molecule has 1 unspecified atom stereocenters. The summed E-state index contributed by atoms with van der Waals surface area (Å²) in [5.74, 6) is -2.93. The number of benzene rings is 1. The lowest BCUT2D eigenvalue weighted by Crippen LogP contribution is -2.60. The number of hydrogen-bond donors (Lipinski definition) is 4. The van der Waals surface area contributed by atoms with E-state index < -0.39 is 85.8 Å². The normalized spacial score (nSPS) is 24.2. The van der Waals surface area contributed by atoms with Crippen LogP contribution in [0.5, 0.6) is 0 Å². The Morgan fingerprint density at radius 2 is 1.63 bits per heavy atom. The second-order valence-electron chi connectivity index (χ2n) is 14.7. The summed E-state index contributed by atoms with van der Waals surface area (Å²) >= 11 is 12.1. The van der Waals surface area contributed by atoms with Crippen molar-refractivity contribution in [3.05, 3.63) is 40.9 Å². The van der Waals surface area contributed by atoms with E-state index in [1.165, 1.54) is 29.2 Å². The van der Waals surface area contributed by atoms with E-state index >= 15 is 0 Å². The summed E-state index contributed by atoms with van der Waals surface area (Å²) in [5, 5.41) is 7.66. The van der Waals surface area contributed by atoms with E-state index in [1.54, 1.807) is 41.5 Å². The average molecular weight is 745 g/mol. The van der Waals surface area contributed by atoms with Gasteiger partial charge in [-0.2, -0.15) is 0 Å². The van der Waals surface area contributed by atoms with Crippen LogP contribution in [0.4, 0.5) is 15.3 Å². The molecule has 3 fully saturated rings. The molecule has 0 aromatic heterocycles. The van der Waals surface area contributed by atoms with Crippen molar-refractivity contribution in [2.75, 3.05) is 11.9 Å². The van der Waals surface area contributed by atoms with E-state index in [0.29, 0.717) is 12.8 Å². The zero-order valence-electron chi connectivity index (χ0n) is 28.2. The Labute approximate surface area is 296 Å². The molecule has 1 aliphatic heterocycles. The summed E-state index contributed by atoms with van der Waals surface area (Å²) in [5.41, 5.74) is -3.11. The number of ether oxygens (including phenoxy) is 2. The molecular weight excluding hydrogens is 701 g/mol. The molecule has 1 saturated heterocycles. The number of halogens is 2. The Hall–Kier alpha value is -3.56. The van der Waals surface area contributed by atoms with Gasteiger partial charge in [0.05, 0.1) is 11.8 Å². The molecule has 270 valence electrons. The van der Waals surface area contributed by atoms with Crippen molar-refractivity contribution in [1.82, 2.24) is 20.3 Å². The molecule has 0 spiro atoms. The summed E-state index contributed by atoms with van der Waals surface area (Å²) in [6.07, 6.45) is -0.564. The van der Waals surface area contributed by atoms with Gasteiger partial charge in [0.15, 0.2) is 0 Å². The highest BCUT2D eigenvalue weighted by molar-refractivity contribution is 7.91. The number of alkyl carbamates (subject to hydrolysis) is 1. The van der Waals surface area contributed by atoms with Crippen LogP contribution in [0.25, 0.3) is 0 Å². The number of anilines is 1. The predicted molar refractivity (Wildman–Crippen MR) is 182 cm³/mol. The molecule has 5 atom stereocenters. The molecule has 1 aromatic rings. The summed E-state index contributed by atoms with van der Waals surface area (Å²) in [6, 6.07) is 1.90. The Balaban J connectivity index is 1.59. The molecule has 1 aromatic carbocycles. The standard InChI is InChI=1S/C32H43Cl2N5O9S/c1-8-17-15-32(17,27(42)38-49(45,46)22-9-10-22)37-25(40)23-14-21(47-28(43)35-20-12-18(33)11-19(34)13-20)16-39(23)26(41)24(30(2,3)4)36-29(44)48-31(5,6)7/h8,11-13,17,21-24H,1,9-10,14-16H2,2-7H3,(H,35,43)(H,36,44)(H,37,40)(H,38,42)/t17?,21-,23+,24-,32-/m1/s1. The molecule has 0 bridgehead atoms. The first-order chi connectivity index (χ1) is 22.5. The van der Waals surface area contributed by atoms with Gasteiger partial charge >= 0.3 is 12.2 Å². The van der Waals surface area contributed by atoms with Gasteiger partial charge in [0.2, 0.25) is 21.8 Å². The van der Waals surface area contributed by atoms with Gasteiger partial charge in [0, 0.05) is 28.1 Å². The molecular formula is C32H43Cl2N5O9S. The lowest BCUT2D eigenvalue weighted by Gasteiger charge is -2.36. The minimum Gasteiger partial charge on any atom is -0.444 e. The highest BCUT2D eigenvalue weighted by Gasteiger charge is 2.62. The van der Waals surface area contributed by atoms with Gasteiger partial charge < -0.3 is 25.0 Å². The van der Waals surface area contributed by atoms with Gasteiger partial charge in [0.25, 0.3) is 5.91 Å². The van der Waals surface area contributed by atoms with Crippen molar-refractivity contribution in [3.63, 3.8) is 0 Å². The van der Waals surface area contributed by atoms with Crippen LogP contribution in [-0.2, 0) is 33.9 Å². The summed E-state index contributed by atoms with van der Waals surface area (Å²) < 4.78 is 38.2. The number of sulfonamides is 1. The number of nitrogens with one attached hydrogen (secondary N) is 4. The van der Waals surface area contributed by atoms with Gasteiger partial charge in [0.1, 0.15) is 29.3 Å². The quantitative estimate of drug-likeness (QED) is 0.256. The first kappa shape index (κ1) is 38.2. The topological polar surface area (TPSA) is 189 Å². The number of nitrogens with zero attached hydrogens (tertiary/aromatic N) is 1. The van der Waals surface area contributed by atoms with Crippen LogP contribution in [0.15, 0.2) is 30.9 Å². The van der Waals surface area contributed by atoms with Crippen molar-refractivity contribution < 1.29 is 41.9 Å². The minimum atomic E-state index is -3.93. The molecule has 49 heavy (non-hydrogen) atoms. The Morgan fingerprint density at radius 1 is 1.02 bits per heavy atom. The predicted octanol–water partition coefficient (Wildman–Crippen LogP) is 4.12. The number of carbonyl (C=O) groups is 5. The van der Waals surface area contributed by atoms with Gasteiger partial charge in [-0.3, -0.25) is 24.4 Å². The SMILES string of the molecule is C=CC1C[C@]1(NC(=O)[C@@H]1C[C@@H](OC(=O)Nc2cc(Cl)cc(Cl)c2)CN1C(=O)[C@@H](NC(=O)OC(C)(C)C)C(C)(C)C)C(=O)NS(=O)(=O)C1CC1. The Morgan fingerprint density at radius 3 is 2.14 bits per heavy atom. The van der Waals surface area contributed by atoms with E-state index in [9.17, 15) is 32.4 Å². The third kappa shape index (κ3) is 9.57. The zero-order chi connectivity index (χ0) is 36.7. The fourth-order valence-corrected chi connectivity index (χ4v) is 7.45. The van der Waals surface area contributed by atoms with E-state index in [1.807, 2.05) is 0 Å². The fourth-order valence-electron chi connectivity index (χ4n) is 5.56. The van der Waals surface area contributed by atoms with Crippen LogP contribution in [-0.4, -0.2) is 84.3 Å². The molecule has 2 saturated carbocycles. The van der Waals surface area contributed by atoms with Crippen LogP contribution < -0.4 is 20.7 Å². The number of rotatable bonds is 10. The Bertz CT molecular complexity index is 1620. The van der Waals surface area contributed by atoms with Crippen LogP contribution in [0.1, 0.15) is 67.2 Å². The first-order valence-corrected chi connectivity index (χ1v) is 18.1. The van der Waals surface area contributed by atoms with Crippen LogP contribution in [0.3, 0.4) is 0 Å². The number of amides is 5. The molecule has 14 nitrogen and oxygen atoms in total. The molecule has 5 amide bonds. The smallest absolute Gasteiger partial charge is 0.411 e. The maximum Gasteiger partial charge on any atom is 0.411 e. The summed E-state index contributed by atoms with van der Waals surface area (Å²) in [4.78, 5) is 68.4. The largest absolute Gasteiger partial charge is 0.444 e. The number of likely N-dealkylation sites (tertiary alicyclic amines) is 1. The molecule has 0 radical (unpaired) electrons. The second-order valence-corrected chi connectivity index (χ2v) is 17.5. The van der Waals surface area contributed by atoms with Crippen LogP contribution in [0.2, 0.25) is 10.0 Å². The molecule has 4 rings (SSSR count). The highest BCUT2D eigenvalue weighted by atomic mass is 35.5. The number of carbonyl (C=O) groups excluding carboxylic acids is 5. The van der Waals surface area contributed by atoms with E-state index in [-0.39, 0.29) is 35.1 Å². The zero-order valence-corrected chi connectivity index (χ0v) is 30.6. The van der Waals surface area contributed by atoms with Crippen molar-refractivity contribution in [2.24, 2.45) is 11.3 Å². The monoisotopic (exact) mass is 743 g/mol. The van der Waals surface area contributed by atoms with Crippen molar-refractivity contribution in [3.8, 4) is 0 Å². The van der Waals surface area contributed by atoms with Gasteiger partial charge in [-0.05, 0) is 63.6 Å². The maximum absolute atomic E-state index is 14.2. The van der Waals surface area contributed by atoms with Crippen molar-refractivity contribution in [1.29, 1.82) is 0 Å². The van der Waals surface area contributed by atoms with Gasteiger partial charge in [-0.1, -0.05) is 50.0 Å². The molecule has 3 aliphatic rings.